The summed E-state index contributed by atoms with van der Waals surface area (Å²) in [7, 11) is 0. The second-order valence-electron chi connectivity index (χ2n) is 5.32. The summed E-state index contributed by atoms with van der Waals surface area (Å²) >= 11 is 0. The number of carbonyl (C=O) groups is 1. The number of rotatable bonds is 8. The first kappa shape index (κ1) is 17.1. The van der Waals surface area contributed by atoms with Crippen molar-refractivity contribution in [2.75, 3.05) is 11.4 Å². The number of Topliss-reactive ketones (excluding diaryl/α,β-unsaturated/α-hetero) is 1. The van der Waals surface area contributed by atoms with E-state index in [1.54, 1.807) is 6.07 Å². The zero-order valence-corrected chi connectivity index (χ0v) is 13.3. The van der Waals surface area contributed by atoms with Gasteiger partial charge in [0.05, 0.1) is 10.5 Å². The van der Waals surface area contributed by atoms with Gasteiger partial charge in [0.1, 0.15) is 0 Å². The molecule has 21 heavy (non-hydrogen) atoms. The number of ketones is 1. The van der Waals surface area contributed by atoms with Gasteiger partial charge in [-0.05, 0) is 38.8 Å². The Morgan fingerprint density at radius 3 is 2.52 bits per heavy atom. The number of hydrogen-bond acceptors (Lipinski definition) is 4. The van der Waals surface area contributed by atoms with Gasteiger partial charge < -0.3 is 4.90 Å². The van der Waals surface area contributed by atoms with Crippen molar-refractivity contribution in [3.63, 3.8) is 0 Å². The zero-order chi connectivity index (χ0) is 16.0. The number of anilines is 1. The third-order valence-corrected chi connectivity index (χ3v) is 3.76. The fourth-order valence-corrected chi connectivity index (χ4v) is 2.30. The molecule has 0 fully saturated rings. The molecule has 0 radical (unpaired) electrons. The first-order valence-electron chi connectivity index (χ1n) is 7.48. The van der Waals surface area contributed by atoms with Gasteiger partial charge in [-0.25, -0.2) is 0 Å². The number of nitro benzene ring substituents is 1. The van der Waals surface area contributed by atoms with Crippen molar-refractivity contribution in [1.82, 2.24) is 0 Å². The van der Waals surface area contributed by atoms with Crippen molar-refractivity contribution >= 4 is 17.2 Å². The van der Waals surface area contributed by atoms with Crippen LogP contribution in [0.1, 0.15) is 57.3 Å². The normalized spacial score (nSPS) is 12.0. The number of nitro groups is 1. The van der Waals surface area contributed by atoms with Crippen LogP contribution in [0.4, 0.5) is 11.4 Å². The van der Waals surface area contributed by atoms with Gasteiger partial charge in [-0.1, -0.05) is 20.3 Å². The van der Waals surface area contributed by atoms with Crippen molar-refractivity contribution in [1.29, 1.82) is 0 Å². The van der Waals surface area contributed by atoms with Crippen LogP contribution in [0.2, 0.25) is 0 Å². The van der Waals surface area contributed by atoms with Gasteiger partial charge in [0, 0.05) is 24.3 Å². The Bertz CT molecular complexity index is 514. The Hall–Kier alpha value is -1.91. The molecular formula is C16H24N2O3. The second kappa shape index (κ2) is 7.76. The second-order valence-corrected chi connectivity index (χ2v) is 5.32. The van der Waals surface area contributed by atoms with Crippen LogP contribution in [-0.4, -0.2) is 23.3 Å². The maximum atomic E-state index is 11.5. The molecule has 1 aromatic carbocycles. The molecule has 0 aliphatic heterocycles. The van der Waals surface area contributed by atoms with Gasteiger partial charge in [-0.15, -0.1) is 0 Å². The van der Waals surface area contributed by atoms with Gasteiger partial charge >= 0.3 is 0 Å². The van der Waals surface area contributed by atoms with Crippen LogP contribution in [0.3, 0.4) is 0 Å². The molecule has 1 rings (SSSR count). The van der Waals surface area contributed by atoms with E-state index < -0.39 is 4.92 Å². The van der Waals surface area contributed by atoms with E-state index in [0.29, 0.717) is 6.04 Å². The average Bonchev–Trinajstić information content (AvgIpc) is 2.46. The minimum Gasteiger partial charge on any atom is -0.369 e. The van der Waals surface area contributed by atoms with E-state index in [9.17, 15) is 14.9 Å². The molecule has 0 N–H and O–H groups in total. The summed E-state index contributed by atoms with van der Waals surface area (Å²) in [5, 5.41) is 11.2. The van der Waals surface area contributed by atoms with E-state index in [0.717, 1.165) is 31.5 Å². The van der Waals surface area contributed by atoms with Gasteiger partial charge in [0.25, 0.3) is 5.69 Å². The first-order chi connectivity index (χ1) is 9.92. The standard InChI is InChI=1S/C16H24N2O3/c1-5-7-10-17(12(3)6-2)14-8-9-15(13(4)19)16(11-14)18(20)21/h8-9,11-12H,5-7,10H2,1-4H3. The summed E-state index contributed by atoms with van der Waals surface area (Å²) in [6, 6.07) is 5.21. The molecule has 0 aromatic heterocycles. The molecule has 0 saturated carbocycles. The average molecular weight is 292 g/mol. The van der Waals surface area contributed by atoms with E-state index in [-0.39, 0.29) is 17.0 Å². The molecule has 0 amide bonds. The van der Waals surface area contributed by atoms with Crippen LogP contribution < -0.4 is 4.90 Å². The zero-order valence-electron chi connectivity index (χ0n) is 13.3. The topological polar surface area (TPSA) is 63.5 Å². The summed E-state index contributed by atoms with van der Waals surface area (Å²) < 4.78 is 0. The highest BCUT2D eigenvalue weighted by Gasteiger charge is 2.21. The number of carbonyl (C=O) groups excluding carboxylic acids is 1. The van der Waals surface area contributed by atoms with Crippen molar-refractivity contribution in [2.24, 2.45) is 0 Å². The molecule has 0 spiro atoms. The Labute approximate surface area is 126 Å². The Balaban J connectivity index is 3.23. The predicted molar refractivity (Wildman–Crippen MR) is 85.1 cm³/mol. The maximum absolute atomic E-state index is 11.5. The Kier molecular flexibility index (Phi) is 6.34. The molecule has 5 nitrogen and oxygen atoms in total. The lowest BCUT2D eigenvalue weighted by Gasteiger charge is -2.30. The van der Waals surface area contributed by atoms with Gasteiger partial charge in [0.15, 0.2) is 5.78 Å². The number of benzene rings is 1. The third kappa shape index (κ3) is 4.28. The summed E-state index contributed by atoms with van der Waals surface area (Å²) in [6.07, 6.45) is 3.07. The molecule has 0 aliphatic rings. The molecule has 0 saturated heterocycles. The molecule has 0 aliphatic carbocycles. The Morgan fingerprint density at radius 2 is 2.05 bits per heavy atom. The van der Waals surface area contributed by atoms with Crippen molar-refractivity contribution in [3.8, 4) is 0 Å². The van der Waals surface area contributed by atoms with Crippen molar-refractivity contribution in [3.05, 3.63) is 33.9 Å². The molecule has 5 heteroatoms. The van der Waals surface area contributed by atoms with Crippen LogP contribution in [0, 0.1) is 10.1 Å². The summed E-state index contributed by atoms with van der Waals surface area (Å²) in [5.74, 6) is -0.281. The predicted octanol–water partition coefficient (Wildman–Crippen LogP) is 4.20. The number of nitrogens with zero attached hydrogens (tertiary/aromatic N) is 2. The summed E-state index contributed by atoms with van der Waals surface area (Å²) in [4.78, 5) is 24.4. The highest BCUT2D eigenvalue weighted by molar-refractivity contribution is 5.98. The highest BCUT2D eigenvalue weighted by atomic mass is 16.6. The SMILES string of the molecule is CCCCN(c1ccc(C(C)=O)c([N+](=O)[O-])c1)C(C)CC. The van der Waals surface area contributed by atoms with Crippen LogP contribution >= 0.6 is 0 Å². The quantitative estimate of drug-likeness (QED) is 0.409. The van der Waals surface area contributed by atoms with Gasteiger partial charge in [-0.3, -0.25) is 14.9 Å². The minimum atomic E-state index is -0.477. The number of unbranched alkanes of at least 4 members (excludes halogenated alkanes) is 1. The minimum absolute atomic E-state index is 0.107. The van der Waals surface area contributed by atoms with E-state index in [4.69, 9.17) is 0 Å². The monoisotopic (exact) mass is 292 g/mol. The van der Waals surface area contributed by atoms with E-state index in [1.165, 1.54) is 13.0 Å². The van der Waals surface area contributed by atoms with E-state index >= 15 is 0 Å². The van der Waals surface area contributed by atoms with Crippen LogP contribution in [0.25, 0.3) is 0 Å². The van der Waals surface area contributed by atoms with Gasteiger partial charge in [-0.2, -0.15) is 0 Å². The summed E-state index contributed by atoms with van der Waals surface area (Å²) in [5.41, 5.74) is 0.877. The van der Waals surface area contributed by atoms with Crippen LogP contribution in [-0.2, 0) is 0 Å². The molecule has 0 bridgehead atoms. The molecular weight excluding hydrogens is 268 g/mol. The Morgan fingerprint density at radius 1 is 1.38 bits per heavy atom. The van der Waals surface area contributed by atoms with Crippen molar-refractivity contribution < 1.29 is 9.72 Å². The lowest BCUT2D eigenvalue weighted by Crippen LogP contribution is -2.33. The molecule has 116 valence electrons. The lowest BCUT2D eigenvalue weighted by molar-refractivity contribution is -0.385. The van der Waals surface area contributed by atoms with Crippen LogP contribution in [0.5, 0.6) is 0 Å². The van der Waals surface area contributed by atoms with E-state index in [1.807, 2.05) is 6.07 Å². The fourth-order valence-electron chi connectivity index (χ4n) is 2.30. The highest BCUT2D eigenvalue weighted by Crippen LogP contribution is 2.28. The van der Waals surface area contributed by atoms with Crippen molar-refractivity contribution in [2.45, 2.75) is 53.0 Å². The number of hydrogen-bond donors (Lipinski definition) is 0. The molecule has 1 aromatic rings. The largest absolute Gasteiger partial charge is 0.369 e. The third-order valence-electron chi connectivity index (χ3n) is 3.76. The van der Waals surface area contributed by atoms with Gasteiger partial charge in [0.2, 0.25) is 0 Å². The van der Waals surface area contributed by atoms with E-state index in [2.05, 4.69) is 25.7 Å². The maximum Gasteiger partial charge on any atom is 0.282 e. The van der Waals surface area contributed by atoms with Crippen LogP contribution in [0.15, 0.2) is 18.2 Å². The fraction of sp³-hybridized carbons (Fsp3) is 0.562. The first-order valence-corrected chi connectivity index (χ1v) is 7.48. The summed E-state index contributed by atoms with van der Waals surface area (Å²) in [6.45, 7) is 8.55. The smallest absolute Gasteiger partial charge is 0.282 e. The molecule has 1 unspecified atom stereocenters. The molecule has 0 heterocycles. The molecule has 1 atom stereocenters. The lowest BCUT2D eigenvalue weighted by atomic mass is 10.1.